The number of aromatic amines is 1. The van der Waals surface area contributed by atoms with E-state index in [2.05, 4.69) is 4.98 Å². The molecule has 0 aliphatic carbocycles. The summed E-state index contributed by atoms with van der Waals surface area (Å²) in [6.07, 6.45) is -1.26. The lowest BCUT2D eigenvalue weighted by atomic mass is 10.0. The van der Waals surface area contributed by atoms with Gasteiger partial charge in [0.2, 0.25) is 0 Å². The van der Waals surface area contributed by atoms with E-state index in [4.69, 9.17) is 32.5 Å². The number of hydrogen-bond donors (Lipinski definition) is 2. The highest BCUT2D eigenvalue weighted by molar-refractivity contribution is 7.48. The number of aliphatic hydroxyl groups is 1. The normalized spacial score (nSPS) is 28.5. The zero-order valence-electron chi connectivity index (χ0n) is 21.3. The predicted octanol–water partition coefficient (Wildman–Crippen LogP) is 1.35. The van der Waals surface area contributed by atoms with Gasteiger partial charge in [-0.05, 0) is 40.5 Å². The van der Waals surface area contributed by atoms with Crippen molar-refractivity contribution in [2.45, 2.75) is 76.3 Å². The Morgan fingerprint density at radius 2 is 1.67 bits per heavy atom. The van der Waals surface area contributed by atoms with Gasteiger partial charge in [0.1, 0.15) is 18.3 Å². The summed E-state index contributed by atoms with van der Waals surface area (Å²) in [5, 5.41) is 9.66. The average molecular weight is 537 g/mol. The van der Waals surface area contributed by atoms with Crippen LogP contribution in [0.1, 0.15) is 46.8 Å². The second-order valence-electron chi connectivity index (χ2n) is 9.89. The second-order valence-corrected chi connectivity index (χ2v) is 11.5. The van der Waals surface area contributed by atoms with Crippen molar-refractivity contribution in [1.82, 2.24) is 9.55 Å². The fourth-order valence-corrected chi connectivity index (χ4v) is 5.41. The minimum atomic E-state index is -4.01. The van der Waals surface area contributed by atoms with Gasteiger partial charge in [-0.2, -0.15) is 0 Å². The van der Waals surface area contributed by atoms with Crippen molar-refractivity contribution in [3.05, 3.63) is 33.1 Å². The molecule has 5 atom stereocenters. The van der Waals surface area contributed by atoms with Gasteiger partial charge in [0.05, 0.1) is 37.6 Å². The van der Waals surface area contributed by atoms with Crippen LogP contribution in [0.4, 0.5) is 0 Å². The predicted molar refractivity (Wildman–Crippen MR) is 127 cm³/mol. The number of nitrogens with zero attached hydrogens (tertiary/aromatic N) is 1. The number of nitrogens with one attached hydrogen (secondary N) is 1. The molecule has 1 unspecified atom stereocenters. The highest BCUT2D eigenvalue weighted by Crippen LogP contribution is 2.61. The number of aromatic nitrogens is 2. The maximum absolute atomic E-state index is 13.1. The van der Waals surface area contributed by atoms with E-state index in [1.54, 1.807) is 7.11 Å². The van der Waals surface area contributed by atoms with Crippen molar-refractivity contribution >= 4 is 7.82 Å². The maximum Gasteiger partial charge on any atom is 0.475 e. The second kappa shape index (κ2) is 12.0. The molecule has 1 aromatic rings. The van der Waals surface area contributed by atoms with Crippen molar-refractivity contribution in [2.24, 2.45) is 0 Å². The van der Waals surface area contributed by atoms with E-state index in [0.717, 1.165) is 17.1 Å². The molecule has 2 fully saturated rings. The summed E-state index contributed by atoms with van der Waals surface area (Å²) in [6, 6.07) is 1.14. The summed E-state index contributed by atoms with van der Waals surface area (Å²) in [5.74, 6) is 0. The molecule has 2 aliphatic heterocycles. The molecule has 2 N–H and O–H groups in total. The van der Waals surface area contributed by atoms with Crippen molar-refractivity contribution in [3.8, 4) is 0 Å². The Hall–Kier alpha value is -1.41. The lowest BCUT2D eigenvalue weighted by molar-refractivity contribution is -0.0856. The lowest BCUT2D eigenvalue weighted by Gasteiger charge is -2.29. The Bertz CT molecular complexity index is 1020. The minimum Gasteiger partial charge on any atom is -0.394 e. The maximum atomic E-state index is 13.1. The molecule has 2 saturated heterocycles. The third kappa shape index (κ3) is 7.56. The zero-order chi connectivity index (χ0) is 26.6. The third-order valence-corrected chi connectivity index (χ3v) is 7.53. The van der Waals surface area contributed by atoms with Crippen LogP contribution in [0, 0.1) is 0 Å². The summed E-state index contributed by atoms with van der Waals surface area (Å²) < 4.78 is 53.2. The summed E-state index contributed by atoms with van der Waals surface area (Å²) >= 11 is 0. The summed E-state index contributed by atoms with van der Waals surface area (Å²) in [7, 11) is -2.36. The first-order valence-corrected chi connectivity index (χ1v) is 13.3. The number of aliphatic hydroxyl groups excluding tert-OH is 1. The zero-order valence-corrected chi connectivity index (χ0v) is 22.2. The van der Waals surface area contributed by atoms with E-state index < -0.39 is 55.8 Å². The van der Waals surface area contributed by atoms with E-state index >= 15 is 0 Å². The Morgan fingerprint density at radius 1 is 1.03 bits per heavy atom. The van der Waals surface area contributed by atoms with Gasteiger partial charge in [-0.25, -0.2) is 9.36 Å². The van der Waals surface area contributed by atoms with Gasteiger partial charge in [-0.1, -0.05) is 0 Å². The minimum absolute atomic E-state index is 0.0751. The molecule has 0 aromatic carbocycles. The van der Waals surface area contributed by atoms with Gasteiger partial charge < -0.3 is 24.1 Å². The quantitative estimate of drug-likeness (QED) is 0.261. The summed E-state index contributed by atoms with van der Waals surface area (Å²) in [5.41, 5.74) is -2.14. The van der Waals surface area contributed by atoms with E-state index in [-0.39, 0.29) is 18.8 Å². The van der Waals surface area contributed by atoms with Crippen molar-refractivity contribution < 1.29 is 42.2 Å². The molecule has 206 valence electrons. The molecule has 0 spiro atoms. The van der Waals surface area contributed by atoms with Gasteiger partial charge in [0.25, 0.3) is 5.56 Å². The Morgan fingerprint density at radius 3 is 2.31 bits per heavy atom. The van der Waals surface area contributed by atoms with Crippen LogP contribution >= 0.6 is 7.82 Å². The van der Waals surface area contributed by atoms with Crippen molar-refractivity contribution in [3.63, 3.8) is 0 Å². The monoisotopic (exact) mass is 536 g/mol. The molecule has 0 radical (unpaired) electrons. The standard InChI is InChI=1S/C22H37N2O11P/c1-21(2,7-10-29-5)30-11-8-22(3,4)31-12-13-32-36(28)34-17-15(14-25)33-19(18(17)35-36)24-9-6-16(26)23-20(24)27/h6,9,15,17-19,25H,7-8,10-14H2,1-5H3,(H,23,26,27)/t15-,17+,18+,19-,36?/m1/s1. The van der Waals surface area contributed by atoms with Crippen molar-refractivity contribution in [2.75, 3.05) is 40.1 Å². The molecule has 13 nitrogen and oxygen atoms in total. The van der Waals surface area contributed by atoms with Crippen LogP contribution in [0.5, 0.6) is 0 Å². The van der Waals surface area contributed by atoms with Crippen LogP contribution in [0.2, 0.25) is 0 Å². The molecular formula is C22H37N2O11P. The number of fused-ring (bicyclic) bond motifs is 1. The fourth-order valence-electron chi connectivity index (χ4n) is 3.86. The number of hydrogen-bond acceptors (Lipinski definition) is 11. The Balaban J connectivity index is 1.49. The molecule has 0 bridgehead atoms. The first-order valence-electron chi connectivity index (χ1n) is 11.8. The van der Waals surface area contributed by atoms with Crippen LogP contribution in [-0.4, -0.2) is 84.3 Å². The number of phosphoric acid groups is 1. The third-order valence-electron chi connectivity index (χ3n) is 6.02. The molecule has 0 saturated carbocycles. The molecule has 36 heavy (non-hydrogen) atoms. The van der Waals surface area contributed by atoms with Crippen LogP contribution in [0.25, 0.3) is 0 Å². The van der Waals surface area contributed by atoms with Gasteiger partial charge in [-0.3, -0.25) is 27.9 Å². The topological polar surface area (TPSA) is 157 Å². The Labute approximate surface area is 209 Å². The average Bonchev–Trinajstić information content (AvgIpc) is 3.30. The Kier molecular flexibility index (Phi) is 9.69. The first-order chi connectivity index (χ1) is 16.9. The van der Waals surface area contributed by atoms with E-state index in [9.17, 15) is 19.3 Å². The van der Waals surface area contributed by atoms with Crippen LogP contribution in [0.3, 0.4) is 0 Å². The summed E-state index contributed by atoms with van der Waals surface area (Å²) in [4.78, 5) is 25.7. The smallest absolute Gasteiger partial charge is 0.394 e. The number of methoxy groups -OCH3 is 1. The van der Waals surface area contributed by atoms with E-state index in [1.807, 2.05) is 27.7 Å². The molecule has 1 aromatic heterocycles. The van der Waals surface area contributed by atoms with Crippen LogP contribution in [-0.2, 0) is 37.1 Å². The molecule has 3 rings (SSSR count). The van der Waals surface area contributed by atoms with E-state index in [0.29, 0.717) is 19.6 Å². The highest BCUT2D eigenvalue weighted by atomic mass is 31.2. The number of H-pyrrole nitrogens is 1. The number of phosphoric ester groups is 1. The van der Waals surface area contributed by atoms with Crippen molar-refractivity contribution in [1.29, 1.82) is 0 Å². The fraction of sp³-hybridized carbons (Fsp3) is 0.818. The first kappa shape index (κ1) is 29.2. The van der Waals surface area contributed by atoms with Gasteiger partial charge in [0.15, 0.2) is 6.23 Å². The van der Waals surface area contributed by atoms with Crippen LogP contribution in [0.15, 0.2) is 21.9 Å². The van der Waals surface area contributed by atoms with E-state index in [1.165, 1.54) is 6.20 Å². The molecular weight excluding hydrogens is 499 g/mol. The van der Waals surface area contributed by atoms with Gasteiger partial charge >= 0.3 is 13.5 Å². The molecule has 0 amide bonds. The molecule has 3 heterocycles. The molecule has 14 heteroatoms. The largest absolute Gasteiger partial charge is 0.475 e. The highest BCUT2D eigenvalue weighted by Gasteiger charge is 2.58. The summed E-state index contributed by atoms with van der Waals surface area (Å²) in [6.45, 7) is 8.55. The molecule has 2 aliphatic rings. The van der Waals surface area contributed by atoms with Gasteiger partial charge in [-0.15, -0.1) is 0 Å². The SMILES string of the molecule is COCCC(C)(C)OCCC(C)(C)OCCOP1(=O)O[C@@H]2[C@H](O1)[C@H](n1ccc(=O)[nH]c1=O)O[C@@H]2CO. The number of ether oxygens (including phenoxy) is 4. The van der Waals surface area contributed by atoms with Crippen LogP contribution < -0.4 is 11.2 Å². The lowest BCUT2D eigenvalue weighted by Crippen LogP contribution is -2.36. The van der Waals surface area contributed by atoms with Gasteiger partial charge in [0, 0.05) is 26.0 Å². The number of rotatable bonds is 14.